The molecule has 0 heterocycles. The van der Waals surface area contributed by atoms with Crippen molar-refractivity contribution in [3.63, 3.8) is 0 Å². The molecule has 100 valence electrons. The predicted molar refractivity (Wildman–Crippen MR) is 85.6 cm³/mol. The van der Waals surface area contributed by atoms with Crippen LogP contribution in [0.3, 0.4) is 0 Å². The normalized spacial score (nSPS) is 11.7. The standard InChI is InChI=1S/C16H15Cl3/c1-16(2,3)11-6-4-10(5-7-11)12-8-14(18)15(19)9-13(12)17/h4-9H,1-3H3. The first kappa shape index (κ1) is 14.7. The van der Waals surface area contributed by atoms with Gasteiger partial charge in [-0.05, 0) is 28.7 Å². The first-order valence-corrected chi connectivity index (χ1v) is 7.18. The van der Waals surface area contributed by atoms with Crippen LogP contribution >= 0.6 is 34.8 Å². The van der Waals surface area contributed by atoms with Gasteiger partial charge in [0.25, 0.3) is 0 Å². The molecule has 0 aromatic heterocycles. The van der Waals surface area contributed by atoms with Crippen molar-refractivity contribution in [3.8, 4) is 11.1 Å². The highest BCUT2D eigenvalue weighted by atomic mass is 35.5. The fraction of sp³-hybridized carbons (Fsp3) is 0.250. The van der Waals surface area contributed by atoms with Crippen LogP contribution in [0.5, 0.6) is 0 Å². The third-order valence-electron chi connectivity index (χ3n) is 3.07. The predicted octanol–water partition coefficient (Wildman–Crippen LogP) is 6.61. The smallest absolute Gasteiger partial charge is 0.0607 e. The largest absolute Gasteiger partial charge is 0.0836 e. The van der Waals surface area contributed by atoms with E-state index in [1.54, 1.807) is 12.1 Å². The van der Waals surface area contributed by atoms with Crippen LogP contribution in [0.4, 0.5) is 0 Å². The molecule has 0 nitrogen and oxygen atoms in total. The maximum atomic E-state index is 6.22. The Kier molecular flexibility index (Phi) is 4.15. The van der Waals surface area contributed by atoms with E-state index in [4.69, 9.17) is 34.8 Å². The van der Waals surface area contributed by atoms with Crippen LogP contribution in [0.15, 0.2) is 36.4 Å². The van der Waals surface area contributed by atoms with Crippen LogP contribution in [-0.2, 0) is 5.41 Å². The van der Waals surface area contributed by atoms with Gasteiger partial charge in [0.05, 0.1) is 10.0 Å². The van der Waals surface area contributed by atoms with E-state index in [2.05, 4.69) is 45.0 Å². The molecular formula is C16H15Cl3. The number of benzene rings is 2. The summed E-state index contributed by atoms with van der Waals surface area (Å²) in [5.74, 6) is 0. The molecule has 0 spiro atoms. The van der Waals surface area contributed by atoms with Crippen molar-refractivity contribution < 1.29 is 0 Å². The quantitative estimate of drug-likeness (QED) is 0.519. The molecule has 0 aliphatic heterocycles. The van der Waals surface area contributed by atoms with Crippen LogP contribution in [0.2, 0.25) is 15.1 Å². The van der Waals surface area contributed by atoms with Crippen molar-refractivity contribution >= 4 is 34.8 Å². The summed E-state index contributed by atoms with van der Waals surface area (Å²) in [5.41, 5.74) is 3.36. The molecule has 3 heteroatoms. The zero-order chi connectivity index (χ0) is 14.2. The highest BCUT2D eigenvalue weighted by molar-refractivity contribution is 6.44. The summed E-state index contributed by atoms with van der Waals surface area (Å²) in [7, 11) is 0. The van der Waals surface area contributed by atoms with Crippen molar-refractivity contribution in [2.45, 2.75) is 26.2 Å². The maximum absolute atomic E-state index is 6.22. The Morgan fingerprint density at radius 1 is 0.737 bits per heavy atom. The van der Waals surface area contributed by atoms with Crippen molar-refractivity contribution in [2.24, 2.45) is 0 Å². The average molecular weight is 314 g/mol. The van der Waals surface area contributed by atoms with E-state index >= 15 is 0 Å². The van der Waals surface area contributed by atoms with Crippen LogP contribution in [-0.4, -0.2) is 0 Å². The van der Waals surface area contributed by atoms with Crippen molar-refractivity contribution in [1.29, 1.82) is 0 Å². The molecule has 0 bridgehead atoms. The highest BCUT2D eigenvalue weighted by Crippen LogP contribution is 2.36. The zero-order valence-electron chi connectivity index (χ0n) is 11.1. The number of halogens is 3. The minimum atomic E-state index is 0.139. The molecule has 2 aromatic carbocycles. The first-order valence-electron chi connectivity index (χ1n) is 6.04. The molecule has 0 saturated carbocycles. The van der Waals surface area contributed by atoms with Crippen molar-refractivity contribution in [2.75, 3.05) is 0 Å². The molecule has 0 radical (unpaired) electrons. The molecule has 2 aromatic rings. The van der Waals surface area contributed by atoms with Crippen molar-refractivity contribution in [1.82, 2.24) is 0 Å². The maximum Gasteiger partial charge on any atom is 0.0607 e. The Bertz CT molecular complexity index is 593. The Hall–Kier alpha value is -0.690. The fourth-order valence-corrected chi connectivity index (χ4v) is 2.55. The Balaban J connectivity index is 2.46. The highest BCUT2D eigenvalue weighted by Gasteiger charge is 2.14. The second-order valence-electron chi connectivity index (χ2n) is 5.57. The van der Waals surface area contributed by atoms with Gasteiger partial charge >= 0.3 is 0 Å². The summed E-state index contributed by atoms with van der Waals surface area (Å²) in [6, 6.07) is 11.8. The third kappa shape index (κ3) is 3.25. The summed E-state index contributed by atoms with van der Waals surface area (Å²) < 4.78 is 0. The van der Waals surface area contributed by atoms with Gasteiger partial charge in [-0.1, -0.05) is 79.8 Å². The lowest BCUT2D eigenvalue weighted by atomic mass is 9.86. The first-order chi connectivity index (χ1) is 8.79. The summed E-state index contributed by atoms with van der Waals surface area (Å²) in [6.07, 6.45) is 0. The minimum Gasteiger partial charge on any atom is -0.0836 e. The van der Waals surface area contributed by atoms with E-state index in [0.717, 1.165) is 11.1 Å². The molecule has 0 fully saturated rings. The third-order valence-corrected chi connectivity index (χ3v) is 4.11. The second kappa shape index (κ2) is 5.36. The molecule has 0 N–H and O–H groups in total. The van der Waals surface area contributed by atoms with E-state index in [1.807, 2.05) is 0 Å². The monoisotopic (exact) mass is 312 g/mol. The SMILES string of the molecule is CC(C)(C)c1ccc(-c2cc(Cl)c(Cl)cc2Cl)cc1. The Morgan fingerprint density at radius 3 is 1.79 bits per heavy atom. The molecule has 0 amide bonds. The van der Waals surface area contributed by atoms with Gasteiger partial charge < -0.3 is 0 Å². The summed E-state index contributed by atoms with van der Waals surface area (Å²) in [6.45, 7) is 6.57. The lowest BCUT2D eigenvalue weighted by Gasteiger charge is -2.19. The van der Waals surface area contributed by atoms with Gasteiger partial charge in [-0.15, -0.1) is 0 Å². The topological polar surface area (TPSA) is 0 Å². The lowest BCUT2D eigenvalue weighted by molar-refractivity contribution is 0.590. The van der Waals surface area contributed by atoms with E-state index in [1.165, 1.54) is 5.56 Å². The molecule has 0 saturated heterocycles. The van der Waals surface area contributed by atoms with Crippen LogP contribution in [0.1, 0.15) is 26.3 Å². The Morgan fingerprint density at radius 2 is 1.26 bits per heavy atom. The van der Waals surface area contributed by atoms with E-state index in [0.29, 0.717) is 15.1 Å². The van der Waals surface area contributed by atoms with E-state index in [9.17, 15) is 0 Å². The fourth-order valence-electron chi connectivity index (χ4n) is 1.89. The molecule has 0 atom stereocenters. The van der Waals surface area contributed by atoms with Gasteiger partial charge in [-0.3, -0.25) is 0 Å². The summed E-state index contributed by atoms with van der Waals surface area (Å²) in [4.78, 5) is 0. The molecule has 0 aliphatic carbocycles. The van der Waals surface area contributed by atoms with Gasteiger partial charge in [0.15, 0.2) is 0 Å². The number of hydrogen-bond acceptors (Lipinski definition) is 0. The Labute approximate surface area is 129 Å². The number of hydrogen-bond donors (Lipinski definition) is 0. The minimum absolute atomic E-state index is 0.139. The van der Waals surface area contributed by atoms with Gasteiger partial charge in [-0.2, -0.15) is 0 Å². The van der Waals surface area contributed by atoms with Gasteiger partial charge in [0.2, 0.25) is 0 Å². The molecule has 19 heavy (non-hydrogen) atoms. The van der Waals surface area contributed by atoms with Crippen molar-refractivity contribution in [3.05, 3.63) is 57.0 Å². The summed E-state index contributed by atoms with van der Waals surface area (Å²) in [5, 5.41) is 1.60. The molecule has 2 rings (SSSR count). The van der Waals surface area contributed by atoms with Crippen LogP contribution in [0, 0.1) is 0 Å². The molecule has 0 unspecified atom stereocenters. The number of rotatable bonds is 1. The second-order valence-corrected chi connectivity index (χ2v) is 6.80. The van der Waals surface area contributed by atoms with E-state index in [-0.39, 0.29) is 5.41 Å². The molecule has 0 aliphatic rings. The summed E-state index contributed by atoms with van der Waals surface area (Å²) >= 11 is 18.2. The molecular weight excluding hydrogens is 299 g/mol. The zero-order valence-corrected chi connectivity index (χ0v) is 13.4. The average Bonchev–Trinajstić information content (AvgIpc) is 2.33. The van der Waals surface area contributed by atoms with Gasteiger partial charge in [-0.25, -0.2) is 0 Å². The van der Waals surface area contributed by atoms with Crippen LogP contribution in [0.25, 0.3) is 11.1 Å². The van der Waals surface area contributed by atoms with E-state index < -0.39 is 0 Å². The lowest BCUT2D eigenvalue weighted by Crippen LogP contribution is -2.10. The van der Waals surface area contributed by atoms with Gasteiger partial charge in [0, 0.05) is 10.6 Å². The van der Waals surface area contributed by atoms with Crippen LogP contribution < -0.4 is 0 Å². The van der Waals surface area contributed by atoms with Gasteiger partial charge in [0.1, 0.15) is 0 Å².